The summed E-state index contributed by atoms with van der Waals surface area (Å²) in [5, 5.41) is 12.6. The van der Waals surface area contributed by atoms with Gasteiger partial charge in [0.15, 0.2) is 6.29 Å². The Hall–Kier alpha value is -3.94. The number of hydrogen-bond acceptors (Lipinski definition) is 8. The summed E-state index contributed by atoms with van der Waals surface area (Å²) in [7, 11) is -3.95. The molecule has 55 heavy (non-hydrogen) atoms. The Morgan fingerprint density at radius 3 is 2.20 bits per heavy atom. The molecule has 3 heterocycles. The first kappa shape index (κ1) is 39.3. The number of likely N-dealkylation sites (tertiary alicyclic amines) is 2. The maximum absolute atomic E-state index is 13.6. The van der Waals surface area contributed by atoms with E-state index >= 15 is 0 Å². The lowest BCUT2D eigenvalue weighted by Gasteiger charge is -2.39. The molecule has 4 aromatic carbocycles. The third-order valence-electron chi connectivity index (χ3n) is 11.2. The molecule has 3 saturated heterocycles. The van der Waals surface area contributed by atoms with E-state index in [4.69, 9.17) is 9.47 Å². The zero-order valence-corrected chi connectivity index (χ0v) is 32.5. The number of rotatable bonds is 15. The summed E-state index contributed by atoms with van der Waals surface area (Å²) in [5.74, 6) is -0.412. The number of ether oxygens (including phenoxy) is 2. The van der Waals surface area contributed by atoms with Gasteiger partial charge < -0.3 is 24.8 Å². The van der Waals surface area contributed by atoms with Gasteiger partial charge >= 0.3 is 0 Å². The number of nitrogens with zero attached hydrogens (tertiary/aromatic N) is 2. The van der Waals surface area contributed by atoms with Crippen LogP contribution in [-0.2, 0) is 43.9 Å². The summed E-state index contributed by atoms with van der Waals surface area (Å²) in [6, 6.07) is 31.3. The number of carbonyl (C=O) groups excluding carboxylic acids is 1. The molecule has 5 atom stereocenters. The summed E-state index contributed by atoms with van der Waals surface area (Å²) in [6.07, 6.45) is 5.20. The Balaban J connectivity index is 1.02. The minimum absolute atomic E-state index is 0.00292. The Kier molecular flexibility index (Phi) is 13.1. The molecular formula is C44H54N4O6S. The van der Waals surface area contributed by atoms with Crippen molar-refractivity contribution in [3.8, 4) is 0 Å². The fourth-order valence-electron chi connectivity index (χ4n) is 8.02. The van der Waals surface area contributed by atoms with Crippen molar-refractivity contribution in [2.45, 2.75) is 94.1 Å². The van der Waals surface area contributed by atoms with Crippen LogP contribution in [0, 0.1) is 6.92 Å². The van der Waals surface area contributed by atoms with Gasteiger partial charge in [0.1, 0.15) is 6.04 Å². The molecular weight excluding hydrogens is 713 g/mol. The van der Waals surface area contributed by atoms with Crippen molar-refractivity contribution >= 4 is 15.9 Å². The van der Waals surface area contributed by atoms with E-state index in [1.54, 1.807) is 24.3 Å². The van der Waals surface area contributed by atoms with Gasteiger partial charge in [0.05, 0.1) is 23.7 Å². The summed E-state index contributed by atoms with van der Waals surface area (Å²) >= 11 is 0. The zero-order chi connectivity index (χ0) is 38.2. The lowest BCUT2D eigenvalue weighted by molar-refractivity contribution is -0.253. The van der Waals surface area contributed by atoms with Crippen molar-refractivity contribution in [2.75, 3.05) is 32.7 Å². The predicted octanol–water partition coefficient (Wildman–Crippen LogP) is 5.80. The monoisotopic (exact) mass is 766 g/mol. The van der Waals surface area contributed by atoms with E-state index in [0.717, 1.165) is 59.4 Å². The van der Waals surface area contributed by atoms with Gasteiger partial charge in [-0.2, -0.15) is 4.72 Å². The second kappa shape index (κ2) is 18.3. The van der Waals surface area contributed by atoms with Crippen LogP contribution in [0.2, 0.25) is 0 Å². The summed E-state index contributed by atoms with van der Waals surface area (Å²) < 4.78 is 42.6. The van der Waals surface area contributed by atoms with Crippen molar-refractivity contribution < 1.29 is 27.8 Å². The van der Waals surface area contributed by atoms with E-state index in [2.05, 4.69) is 19.8 Å². The van der Waals surface area contributed by atoms with Crippen LogP contribution < -0.4 is 10.0 Å². The number of hydrogen-bond donors (Lipinski definition) is 3. The first-order valence-electron chi connectivity index (χ1n) is 19.7. The van der Waals surface area contributed by atoms with Crippen molar-refractivity contribution in [3.63, 3.8) is 0 Å². The number of aliphatic hydroxyl groups is 1. The van der Waals surface area contributed by atoms with E-state index in [1.165, 1.54) is 38.8 Å². The van der Waals surface area contributed by atoms with Crippen LogP contribution in [0.4, 0.5) is 0 Å². The van der Waals surface area contributed by atoms with Crippen LogP contribution >= 0.6 is 0 Å². The maximum atomic E-state index is 13.6. The molecule has 0 bridgehead atoms. The second-order valence-corrected chi connectivity index (χ2v) is 17.0. The van der Waals surface area contributed by atoms with Crippen molar-refractivity contribution in [1.29, 1.82) is 0 Å². The van der Waals surface area contributed by atoms with Gasteiger partial charge in [-0.15, -0.1) is 0 Å². The lowest BCUT2D eigenvalue weighted by Crippen LogP contribution is -2.47. The van der Waals surface area contributed by atoms with E-state index in [-0.39, 0.29) is 36.7 Å². The molecule has 4 aromatic rings. The van der Waals surface area contributed by atoms with Crippen molar-refractivity contribution in [3.05, 3.63) is 137 Å². The Bertz CT molecular complexity index is 1940. The van der Waals surface area contributed by atoms with Gasteiger partial charge in [0, 0.05) is 37.7 Å². The van der Waals surface area contributed by atoms with E-state index in [0.29, 0.717) is 6.04 Å². The zero-order valence-electron chi connectivity index (χ0n) is 31.7. The molecule has 0 aliphatic carbocycles. The number of amides is 1. The van der Waals surface area contributed by atoms with Gasteiger partial charge in [-0.3, -0.25) is 9.69 Å². The van der Waals surface area contributed by atoms with Crippen molar-refractivity contribution in [1.82, 2.24) is 19.8 Å². The highest BCUT2D eigenvalue weighted by atomic mass is 32.2. The molecule has 7 rings (SSSR count). The fraction of sp³-hybridized carbons (Fsp3) is 0.432. The van der Waals surface area contributed by atoms with Crippen LogP contribution in [0.5, 0.6) is 0 Å². The molecule has 3 fully saturated rings. The Labute approximate surface area is 325 Å². The third-order valence-corrected chi connectivity index (χ3v) is 12.7. The average molecular weight is 767 g/mol. The highest BCUT2D eigenvalue weighted by molar-refractivity contribution is 7.89. The molecule has 3 aliphatic rings. The molecule has 1 amide bonds. The molecule has 3 aliphatic heterocycles. The van der Waals surface area contributed by atoms with Gasteiger partial charge in [-0.05, 0) is 93.0 Å². The number of nitrogens with one attached hydrogen (secondary N) is 2. The number of aliphatic hydroxyl groups excluding tert-OH is 1. The molecule has 3 N–H and O–H groups in total. The number of carbonyl (C=O) groups is 1. The minimum atomic E-state index is -3.95. The topological polar surface area (TPSA) is 120 Å². The smallest absolute Gasteiger partial charge is 0.241 e. The summed E-state index contributed by atoms with van der Waals surface area (Å²) in [5.41, 5.74) is 5.47. The molecule has 292 valence electrons. The Morgan fingerprint density at radius 1 is 0.800 bits per heavy atom. The van der Waals surface area contributed by atoms with Crippen molar-refractivity contribution in [2.24, 2.45) is 0 Å². The molecule has 5 unspecified atom stereocenters. The first-order valence-corrected chi connectivity index (χ1v) is 21.2. The SMILES string of the molecule is Cc1ccc(S(=O)(=O)NC(Cc2ccccc2)C(=O)NCc2ccc(C3OC(CN4CCCC4CN4CCCC4)CC(c4ccc(CO)cc4)O3)cc2)cc1. The average Bonchev–Trinajstić information content (AvgIpc) is 3.89. The fourth-order valence-corrected chi connectivity index (χ4v) is 9.21. The molecule has 0 aromatic heterocycles. The number of sulfonamides is 1. The quantitative estimate of drug-likeness (QED) is 0.139. The minimum Gasteiger partial charge on any atom is -0.392 e. The van der Waals surface area contributed by atoms with Crippen LogP contribution in [0.3, 0.4) is 0 Å². The van der Waals surface area contributed by atoms with Crippen LogP contribution in [0.1, 0.15) is 77.9 Å². The standard InChI is InChI=1S/C44H54N4O6S/c1-32-11-21-40(22-12-32)55(51,52)46-41(26-33-8-3-2-4-9-33)43(50)45-28-34-13-19-37(20-14-34)44-53-39(27-42(54-44)36-17-15-35(31-49)16-18-36)30-48-25-7-10-38(48)29-47-23-5-6-24-47/h2-4,8-9,11-22,38-39,41-42,44,46,49H,5-7,10,23-31H2,1H3,(H,45,50). The highest BCUT2D eigenvalue weighted by Gasteiger charge is 2.36. The number of benzene rings is 4. The predicted molar refractivity (Wildman–Crippen MR) is 212 cm³/mol. The van der Waals surface area contributed by atoms with E-state index in [1.807, 2.05) is 85.8 Å². The normalized spacial score (nSPS) is 22.8. The lowest BCUT2D eigenvalue weighted by atomic mass is 9.99. The summed E-state index contributed by atoms with van der Waals surface area (Å²) in [6.45, 7) is 7.58. The van der Waals surface area contributed by atoms with Gasteiger partial charge in [0.2, 0.25) is 15.9 Å². The molecule has 0 saturated carbocycles. The van der Waals surface area contributed by atoms with E-state index < -0.39 is 28.3 Å². The van der Waals surface area contributed by atoms with Crippen LogP contribution in [0.15, 0.2) is 108 Å². The Morgan fingerprint density at radius 2 is 1.49 bits per heavy atom. The van der Waals surface area contributed by atoms with E-state index in [9.17, 15) is 18.3 Å². The first-order chi connectivity index (χ1) is 26.7. The third kappa shape index (κ3) is 10.5. The largest absolute Gasteiger partial charge is 0.392 e. The number of aryl methyl sites for hydroxylation is 1. The van der Waals surface area contributed by atoms with Crippen LogP contribution in [0.25, 0.3) is 0 Å². The molecule has 11 heteroatoms. The van der Waals surface area contributed by atoms with Gasteiger partial charge in [-0.25, -0.2) is 8.42 Å². The summed E-state index contributed by atoms with van der Waals surface area (Å²) in [4.78, 5) is 19.0. The maximum Gasteiger partial charge on any atom is 0.241 e. The second-order valence-electron chi connectivity index (χ2n) is 15.3. The molecule has 0 radical (unpaired) electrons. The van der Waals surface area contributed by atoms with Gasteiger partial charge in [-0.1, -0.05) is 96.6 Å². The molecule has 10 nitrogen and oxygen atoms in total. The highest BCUT2D eigenvalue weighted by Crippen LogP contribution is 2.39. The van der Waals surface area contributed by atoms with Gasteiger partial charge in [0.25, 0.3) is 0 Å². The van der Waals surface area contributed by atoms with Crippen LogP contribution in [-0.4, -0.2) is 80.1 Å². The molecule has 0 spiro atoms.